The average Bonchev–Trinajstić information content (AvgIpc) is 2.86. The zero-order chi connectivity index (χ0) is 10.7. The molecule has 0 bridgehead atoms. The molecule has 0 aromatic heterocycles. The number of hydrogen-bond acceptors (Lipinski definition) is 4. The summed E-state index contributed by atoms with van der Waals surface area (Å²) >= 11 is 0. The summed E-state index contributed by atoms with van der Waals surface area (Å²) in [5, 5.41) is 6.10. The molecule has 2 aliphatic heterocycles. The van der Waals surface area contributed by atoms with E-state index in [2.05, 4.69) is 10.6 Å². The molecule has 0 aromatic carbocycles. The molecule has 1 amide bonds. The highest BCUT2D eigenvalue weighted by Crippen LogP contribution is 2.14. The highest BCUT2D eigenvalue weighted by molar-refractivity contribution is 5.80. The van der Waals surface area contributed by atoms with Crippen LogP contribution in [0.15, 0.2) is 0 Å². The summed E-state index contributed by atoms with van der Waals surface area (Å²) in [6, 6.07) is 0.336. The molecule has 0 radical (unpaired) electrons. The maximum absolute atomic E-state index is 11.9. The van der Waals surface area contributed by atoms with E-state index in [0.717, 1.165) is 13.0 Å². The van der Waals surface area contributed by atoms with Crippen LogP contribution in [0, 0.1) is 5.92 Å². The van der Waals surface area contributed by atoms with Crippen LogP contribution in [-0.4, -0.2) is 51.5 Å². The van der Waals surface area contributed by atoms with Crippen LogP contribution in [0.1, 0.15) is 6.42 Å². The van der Waals surface area contributed by atoms with Crippen molar-refractivity contribution < 1.29 is 14.3 Å². The molecule has 15 heavy (non-hydrogen) atoms. The number of amides is 1. The van der Waals surface area contributed by atoms with Crippen LogP contribution >= 0.6 is 0 Å². The number of nitrogens with one attached hydrogen (secondary N) is 2. The van der Waals surface area contributed by atoms with Crippen LogP contribution in [0.4, 0.5) is 0 Å². The molecule has 2 rings (SSSR count). The van der Waals surface area contributed by atoms with Gasteiger partial charge in [0.05, 0.1) is 31.8 Å². The van der Waals surface area contributed by atoms with E-state index in [-0.39, 0.29) is 23.9 Å². The Bertz CT molecular complexity index is 229. The molecule has 0 spiro atoms. The topological polar surface area (TPSA) is 59.6 Å². The third kappa shape index (κ3) is 2.48. The zero-order valence-electron chi connectivity index (χ0n) is 8.99. The number of hydrogen-bond donors (Lipinski definition) is 2. The van der Waals surface area contributed by atoms with Gasteiger partial charge in [-0.05, 0) is 13.5 Å². The van der Waals surface area contributed by atoms with Gasteiger partial charge in [0.2, 0.25) is 5.91 Å². The van der Waals surface area contributed by atoms with E-state index in [1.165, 1.54) is 0 Å². The summed E-state index contributed by atoms with van der Waals surface area (Å²) in [7, 11) is 1.86. The summed E-state index contributed by atoms with van der Waals surface area (Å²) in [4.78, 5) is 11.9. The van der Waals surface area contributed by atoms with Crippen LogP contribution in [0.3, 0.4) is 0 Å². The molecule has 2 fully saturated rings. The van der Waals surface area contributed by atoms with Crippen molar-refractivity contribution in [2.45, 2.75) is 18.5 Å². The quantitative estimate of drug-likeness (QED) is 0.641. The Morgan fingerprint density at radius 3 is 2.80 bits per heavy atom. The van der Waals surface area contributed by atoms with Gasteiger partial charge in [0, 0.05) is 12.6 Å². The van der Waals surface area contributed by atoms with Gasteiger partial charge in [0.1, 0.15) is 0 Å². The van der Waals surface area contributed by atoms with Crippen LogP contribution in [0.2, 0.25) is 0 Å². The molecule has 2 N–H and O–H groups in total. The molecule has 0 saturated carbocycles. The largest absolute Gasteiger partial charge is 0.379 e. The molecule has 0 aliphatic carbocycles. The zero-order valence-corrected chi connectivity index (χ0v) is 8.99. The molecular formula is C10H18N2O3. The highest BCUT2D eigenvalue weighted by Gasteiger charge is 2.34. The second-order valence-electron chi connectivity index (χ2n) is 4.11. The van der Waals surface area contributed by atoms with Crippen molar-refractivity contribution >= 4 is 5.91 Å². The molecule has 2 saturated heterocycles. The van der Waals surface area contributed by atoms with E-state index >= 15 is 0 Å². The molecule has 2 aliphatic rings. The second-order valence-corrected chi connectivity index (χ2v) is 4.11. The maximum Gasteiger partial charge on any atom is 0.227 e. The number of rotatable bonds is 3. The fraction of sp³-hybridized carbons (Fsp3) is 0.900. The van der Waals surface area contributed by atoms with Crippen molar-refractivity contribution in [1.82, 2.24) is 10.6 Å². The van der Waals surface area contributed by atoms with Crippen LogP contribution < -0.4 is 10.6 Å². The minimum atomic E-state index is -0.0596. The van der Waals surface area contributed by atoms with Crippen molar-refractivity contribution in [3.05, 3.63) is 0 Å². The Labute approximate surface area is 89.5 Å². The van der Waals surface area contributed by atoms with Crippen molar-refractivity contribution in [3.63, 3.8) is 0 Å². The van der Waals surface area contributed by atoms with Gasteiger partial charge in [0.25, 0.3) is 0 Å². The van der Waals surface area contributed by atoms with Crippen molar-refractivity contribution in [2.24, 2.45) is 5.92 Å². The summed E-state index contributed by atoms with van der Waals surface area (Å²) in [6.45, 7) is 2.53. The summed E-state index contributed by atoms with van der Waals surface area (Å²) in [6.07, 6.45) is 0.920. The average molecular weight is 214 g/mol. The standard InChI is InChI=1S/C10H18N2O3/c1-11-9-6-15-5-8(9)10(13)12-7-2-3-14-4-7/h7-9,11H,2-6H2,1H3,(H,12,13). The van der Waals surface area contributed by atoms with E-state index in [0.29, 0.717) is 19.8 Å². The lowest BCUT2D eigenvalue weighted by Gasteiger charge is -2.18. The predicted molar refractivity (Wildman–Crippen MR) is 54.5 cm³/mol. The smallest absolute Gasteiger partial charge is 0.227 e. The Balaban J connectivity index is 1.83. The lowest BCUT2D eigenvalue weighted by Crippen LogP contribution is -2.46. The first kappa shape index (κ1) is 10.9. The molecule has 5 nitrogen and oxygen atoms in total. The van der Waals surface area contributed by atoms with Gasteiger partial charge in [-0.25, -0.2) is 0 Å². The Kier molecular flexibility index (Phi) is 3.56. The lowest BCUT2D eigenvalue weighted by atomic mass is 10.0. The fourth-order valence-electron chi connectivity index (χ4n) is 2.05. The Morgan fingerprint density at radius 1 is 1.27 bits per heavy atom. The van der Waals surface area contributed by atoms with Crippen molar-refractivity contribution in [1.29, 1.82) is 0 Å². The third-order valence-corrected chi connectivity index (χ3v) is 3.06. The molecular weight excluding hydrogens is 196 g/mol. The third-order valence-electron chi connectivity index (χ3n) is 3.06. The molecule has 5 heteroatoms. The molecule has 0 aromatic rings. The van der Waals surface area contributed by atoms with Gasteiger partial charge in [-0.3, -0.25) is 4.79 Å². The number of ether oxygens (including phenoxy) is 2. The van der Waals surface area contributed by atoms with E-state index in [4.69, 9.17) is 9.47 Å². The van der Waals surface area contributed by atoms with Crippen molar-refractivity contribution in [2.75, 3.05) is 33.5 Å². The number of carbonyl (C=O) groups excluding carboxylic acids is 1. The van der Waals surface area contributed by atoms with E-state index in [1.807, 2.05) is 7.05 Å². The van der Waals surface area contributed by atoms with Crippen molar-refractivity contribution in [3.8, 4) is 0 Å². The first-order valence-electron chi connectivity index (χ1n) is 5.44. The maximum atomic E-state index is 11.9. The SMILES string of the molecule is CNC1COCC1C(=O)NC1CCOC1. The fourth-order valence-corrected chi connectivity index (χ4v) is 2.05. The van der Waals surface area contributed by atoms with Gasteiger partial charge in [-0.2, -0.15) is 0 Å². The number of likely N-dealkylation sites (N-methyl/N-ethyl adjacent to an activating group) is 1. The monoisotopic (exact) mass is 214 g/mol. The Morgan fingerprint density at radius 2 is 2.13 bits per heavy atom. The minimum absolute atomic E-state index is 0.0596. The lowest BCUT2D eigenvalue weighted by molar-refractivity contribution is -0.126. The number of carbonyl (C=O) groups is 1. The summed E-state index contributed by atoms with van der Waals surface area (Å²) < 4.78 is 10.5. The van der Waals surface area contributed by atoms with E-state index in [9.17, 15) is 4.79 Å². The van der Waals surface area contributed by atoms with Gasteiger partial charge in [-0.1, -0.05) is 0 Å². The molecule has 86 valence electrons. The van der Waals surface area contributed by atoms with E-state index in [1.54, 1.807) is 0 Å². The summed E-state index contributed by atoms with van der Waals surface area (Å²) in [5.74, 6) is 0.0259. The van der Waals surface area contributed by atoms with Gasteiger partial charge in [0.15, 0.2) is 0 Å². The normalized spacial score (nSPS) is 35.7. The van der Waals surface area contributed by atoms with Crippen LogP contribution in [0.5, 0.6) is 0 Å². The van der Waals surface area contributed by atoms with Gasteiger partial charge in [-0.15, -0.1) is 0 Å². The second kappa shape index (κ2) is 4.92. The van der Waals surface area contributed by atoms with Gasteiger partial charge < -0.3 is 20.1 Å². The van der Waals surface area contributed by atoms with Gasteiger partial charge >= 0.3 is 0 Å². The van der Waals surface area contributed by atoms with E-state index < -0.39 is 0 Å². The Hall–Kier alpha value is -0.650. The first-order chi connectivity index (χ1) is 7.31. The molecule has 3 unspecified atom stereocenters. The molecule has 2 heterocycles. The summed E-state index contributed by atoms with van der Waals surface area (Å²) in [5.41, 5.74) is 0. The predicted octanol–water partition coefficient (Wildman–Crippen LogP) is -0.874. The van der Waals surface area contributed by atoms with Crippen LogP contribution in [0.25, 0.3) is 0 Å². The minimum Gasteiger partial charge on any atom is -0.379 e. The van der Waals surface area contributed by atoms with Crippen LogP contribution in [-0.2, 0) is 14.3 Å². The first-order valence-corrected chi connectivity index (χ1v) is 5.44. The molecule has 3 atom stereocenters. The highest BCUT2D eigenvalue weighted by atomic mass is 16.5.